The smallest absolute Gasteiger partial charge is 0.126 e. The van der Waals surface area contributed by atoms with Crippen LogP contribution in [0, 0.1) is 16.7 Å². The minimum atomic E-state index is -0.405. The Labute approximate surface area is 107 Å². The van der Waals surface area contributed by atoms with Crippen molar-refractivity contribution >= 4 is 11.6 Å². The number of rotatable bonds is 5. The fourth-order valence-electron chi connectivity index (χ4n) is 1.30. The molecule has 0 atom stereocenters. The van der Waals surface area contributed by atoms with Gasteiger partial charge in [0.25, 0.3) is 0 Å². The SMILES string of the molecule is CC(C)(C#N)CCOc1cccc(Cl)c1CO. The van der Waals surface area contributed by atoms with Gasteiger partial charge in [-0.25, -0.2) is 0 Å². The Bertz CT molecular complexity index is 424. The van der Waals surface area contributed by atoms with Crippen LogP contribution in [0.15, 0.2) is 18.2 Å². The number of halogens is 1. The summed E-state index contributed by atoms with van der Waals surface area (Å²) in [5.41, 5.74) is 0.182. The number of nitrogens with zero attached hydrogens (tertiary/aromatic N) is 1. The van der Waals surface area contributed by atoms with E-state index in [1.165, 1.54) is 0 Å². The third-order valence-electron chi connectivity index (χ3n) is 2.52. The number of ether oxygens (including phenoxy) is 1. The summed E-state index contributed by atoms with van der Waals surface area (Å²) >= 11 is 5.93. The monoisotopic (exact) mass is 253 g/mol. The third-order valence-corrected chi connectivity index (χ3v) is 2.88. The lowest BCUT2D eigenvalue weighted by Gasteiger charge is -2.16. The molecule has 0 fully saturated rings. The molecule has 0 aliphatic carbocycles. The number of nitriles is 1. The molecule has 0 aromatic heterocycles. The molecule has 1 rings (SSSR count). The van der Waals surface area contributed by atoms with Crippen molar-refractivity contribution in [2.24, 2.45) is 5.41 Å². The van der Waals surface area contributed by atoms with Crippen molar-refractivity contribution in [1.82, 2.24) is 0 Å². The standard InChI is InChI=1S/C13H16ClNO2/c1-13(2,9-15)6-7-17-12-5-3-4-11(14)10(12)8-16/h3-5,16H,6-8H2,1-2H3. The van der Waals surface area contributed by atoms with Crippen molar-refractivity contribution in [1.29, 1.82) is 5.26 Å². The molecule has 4 heteroatoms. The topological polar surface area (TPSA) is 53.2 Å². The highest BCUT2D eigenvalue weighted by Crippen LogP contribution is 2.27. The summed E-state index contributed by atoms with van der Waals surface area (Å²) < 4.78 is 5.55. The molecule has 92 valence electrons. The summed E-state index contributed by atoms with van der Waals surface area (Å²) in [5.74, 6) is 0.578. The summed E-state index contributed by atoms with van der Waals surface area (Å²) in [6.07, 6.45) is 0.626. The second-order valence-electron chi connectivity index (χ2n) is 4.47. The minimum absolute atomic E-state index is 0.156. The van der Waals surface area contributed by atoms with E-state index in [2.05, 4.69) is 6.07 Å². The van der Waals surface area contributed by atoms with Gasteiger partial charge in [-0.05, 0) is 32.4 Å². The highest BCUT2D eigenvalue weighted by molar-refractivity contribution is 6.31. The van der Waals surface area contributed by atoms with Crippen LogP contribution in [-0.2, 0) is 6.61 Å². The van der Waals surface area contributed by atoms with Crippen LogP contribution in [0.25, 0.3) is 0 Å². The second-order valence-corrected chi connectivity index (χ2v) is 4.88. The molecule has 1 aromatic carbocycles. The van der Waals surface area contributed by atoms with Crippen molar-refractivity contribution in [2.75, 3.05) is 6.61 Å². The molecule has 0 spiro atoms. The fourth-order valence-corrected chi connectivity index (χ4v) is 1.53. The molecular formula is C13H16ClNO2. The van der Waals surface area contributed by atoms with E-state index >= 15 is 0 Å². The second kappa shape index (κ2) is 5.90. The first-order valence-electron chi connectivity index (χ1n) is 5.42. The number of hydrogen-bond donors (Lipinski definition) is 1. The maximum absolute atomic E-state index is 9.19. The van der Waals surface area contributed by atoms with Crippen LogP contribution in [0.4, 0.5) is 0 Å². The Kier molecular flexibility index (Phi) is 4.80. The van der Waals surface area contributed by atoms with E-state index < -0.39 is 5.41 Å². The predicted octanol–water partition coefficient (Wildman–Crippen LogP) is 3.15. The van der Waals surface area contributed by atoms with E-state index in [1.807, 2.05) is 13.8 Å². The van der Waals surface area contributed by atoms with Gasteiger partial charge >= 0.3 is 0 Å². The lowest BCUT2D eigenvalue weighted by Crippen LogP contribution is -2.13. The van der Waals surface area contributed by atoms with E-state index in [4.69, 9.17) is 21.6 Å². The lowest BCUT2D eigenvalue weighted by atomic mass is 9.92. The Balaban J connectivity index is 2.65. The molecule has 0 heterocycles. The lowest BCUT2D eigenvalue weighted by molar-refractivity contribution is 0.244. The zero-order valence-corrected chi connectivity index (χ0v) is 10.8. The van der Waals surface area contributed by atoms with Crippen LogP contribution in [0.2, 0.25) is 5.02 Å². The molecule has 1 N–H and O–H groups in total. The van der Waals surface area contributed by atoms with Crippen molar-refractivity contribution in [2.45, 2.75) is 26.9 Å². The van der Waals surface area contributed by atoms with E-state index in [1.54, 1.807) is 18.2 Å². The Morgan fingerprint density at radius 2 is 2.18 bits per heavy atom. The maximum Gasteiger partial charge on any atom is 0.126 e. The summed E-state index contributed by atoms with van der Waals surface area (Å²) in [6.45, 7) is 3.99. The van der Waals surface area contributed by atoms with Gasteiger partial charge in [-0.3, -0.25) is 0 Å². The van der Waals surface area contributed by atoms with E-state index in [-0.39, 0.29) is 6.61 Å². The van der Waals surface area contributed by atoms with Crippen LogP contribution in [0.3, 0.4) is 0 Å². The van der Waals surface area contributed by atoms with Gasteiger partial charge in [-0.15, -0.1) is 0 Å². The largest absolute Gasteiger partial charge is 0.493 e. The number of aliphatic hydroxyl groups excluding tert-OH is 1. The Morgan fingerprint density at radius 1 is 1.47 bits per heavy atom. The molecular weight excluding hydrogens is 238 g/mol. The molecule has 3 nitrogen and oxygen atoms in total. The van der Waals surface area contributed by atoms with Crippen LogP contribution >= 0.6 is 11.6 Å². The van der Waals surface area contributed by atoms with Crippen molar-refractivity contribution in [3.05, 3.63) is 28.8 Å². The van der Waals surface area contributed by atoms with Gasteiger partial charge in [0.1, 0.15) is 5.75 Å². The molecule has 0 unspecified atom stereocenters. The number of aliphatic hydroxyl groups is 1. The fraction of sp³-hybridized carbons (Fsp3) is 0.462. The van der Waals surface area contributed by atoms with Crippen molar-refractivity contribution in [3.63, 3.8) is 0 Å². The summed E-state index contributed by atoms with van der Waals surface area (Å²) in [4.78, 5) is 0. The highest BCUT2D eigenvalue weighted by Gasteiger charge is 2.17. The predicted molar refractivity (Wildman–Crippen MR) is 66.9 cm³/mol. The number of benzene rings is 1. The zero-order chi connectivity index (χ0) is 12.9. The summed E-state index contributed by atoms with van der Waals surface area (Å²) in [6, 6.07) is 7.45. The summed E-state index contributed by atoms with van der Waals surface area (Å²) in [7, 11) is 0. The van der Waals surface area contributed by atoms with Crippen LogP contribution in [-0.4, -0.2) is 11.7 Å². The van der Waals surface area contributed by atoms with Gasteiger partial charge < -0.3 is 9.84 Å². The van der Waals surface area contributed by atoms with Crippen LogP contribution in [0.1, 0.15) is 25.8 Å². The van der Waals surface area contributed by atoms with Gasteiger partial charge in [0.2, 0.25) is 0 Å². The molecule has 0 bridgehead atoms. The van der Waals surface area contributed by atoms with E-state index in [9.17, 15) is 5.11 Å². The van der Waals surface area contributed by atoms with Gasteiger partial charge in [0.05, 0.1) is 24.7 Å². The Morgan fingerprint density at radius 3 is 2.76 bits per heavy atom. The summed E-state index contributed by atoms with van der Waals surface area (Å²) in [5, 5.41) is 18.5. The molecule has 1 aromatic rings. The van der Waals surface area contributed by atoms with Crippen molar-refractivity contribution < 1.29 is 9.84 Å². The first-order chi connectivity index (χ1) is 8.00. The molecule has 0 aliphatic rings. The first kappa shape index (κ1) is 13.8. The molecule has 0 saturated carbocycles. The van der Waals surface area contributed by atoms with Gasteiger partial charge in [-0.2, -0.15) is 5.26 Å². The van der Waals surface area contributed by atoms with Gasteiger partial charge in [0.15, 0.2) is 0 Å². The molecule has 0 amide bonds. The average molecular weight is 254 g/mol. The zero-order valence-electron chi connectivity index (χ0n) is 10.0. The quantitative estimate of drug-likeness (QED) is 0.877. The number of hydrogen-bond acceptors (Lipinski definition) is 3. The third kappa shape index (κ3) is 3.92. The maximum atomic E-state index is 9.19. The van der Waals surface area contributed by atoms with E-state index in [0.717, 1.165) is 0 Å². The highest BCUT2D eigenvalue weighted by atomic mass is 35.5. The first-order valence-corrected chi connectivity index (χ1v) is 5.80. The van der Waals surface area contributed by atoms with Gasteiger partial charge in [0, 0.05) is 10.6 Å². The van der Waals surface area contributed by atoms with Gasteiger partial charge in [-0.1, -0.05) is 17.7 Å². The normalized spacial score (nSPS) is 11.0. The molecule has 0 aliphatic heterocycles. The average Bonchev–Trinajstić information content (AvgIpc) is 2.29. The van der Waals surface area contributed by atoms with Crippen LogP contribution < -0.4 is 4.74 Å². The molecule has 0 radical (unpaired) electrons. The Hall–Kier alpha value is -1.24. The van der Waals surface area contributed by atoms with Crippen LogP contribution in [0.5, 0.6) is 5.75 Å². The van der Waals surface area contributed by atoms with Crippen molar-refractivity contribution in [3.8, 4) is 11.8 Å². The molecule has 17 heavy (non-hydrogen) atoms. The van der Waals surface area contributed by atoms with E-state index in [0.29, 0.717) is 29.4 Å². The minimum Gasteiger partial charge on any atom is -0.493 e. The molecule has 0 saturated heterocycles.